The van der Waals surface area contributed by atoms with Gasteiger partial charge < -0.3 is 28.4 Å². The van der Waals surface area contributed by atoms with Crippen LogP contribution in [0.2, 0.25) is 0 Å². The van der Waals surface area contributed by atoms with Crippen LogP contribution >= 0.6 is 0 Å². The molecule has 1 saturated heterocycles. The van der Waals surface area contributed by atoms with Gasteiger partial charge in [0.1, 0.15) is 12.7 Å². The molecule has 0 aliphatic carbocycles. The van der Waals surface area contributed by atoms with Gasteiger partial charge in [0.25, 0.3) is 0 Å². The summed E-state index contributed by atoms with van der Waals surface area (Å²) in [6, 6.07) is 9.14. The number of carbonyl (C=O) groups excluding carboxylic acids is 4. The Bertz CT molecular complexity index is 778. The Balaban J connectivity index is 2.35. The molecule has 10 nitrogen and oxygen atoms in total. The van der Waals surface area contributed by atoms with Gasteiger partial charge in [-0.05, 0) is 5.56 Å². The van der Waals surface area contributed by atoms with E-state index in [-0.39, 0.29) is 13.2 Å². The van der Waals surface area contributed by atoms with Crippen molar-refractivity contribution in [2.45, 2.75) is 65.0 Å². The molecular formula is C21H26O10. The molecule has 0 radical (unpaired) electrons. The molecule has 1 aliphatic heterocycles. The molecule has 1 heterocycles. The largest absolute Gasteiger partial charge is 0.463 e. The monoisotopic (exact) mass is 438 g/mol. The average molecular weight is 438 g/mol. The molecule has 0 aromatic heterocycles. The number of ether oxygens (including phenoxy) is 6. The van der Waals surface area contributed by atoms with E-state index < -0.39 is 54.6 Å². The van der Waals surface area contributed by atoms with Gasteiger partial charge in [0.05, 0.1) is 6.61 Å². The molecule has 0 unspecified atom stereocenters. The van der Waals surface area contributed by atoms with Crippen molar-refractivity contribution in [2.24, 2.45) is 0 Å². The number of carbonyl (C=O) groups is 4. The van der Waals surface area contributed by atoms with E-state index in [1.807, 2.05) is 30.3 Å². The SMILES string of the molecule is CC(=O)OC[C@H]1O[C@H](OCc2ccccc2)[C@@H](OC(C)=O)[C@@H](OC(C)=O)[C@@H]1OC(C)=O. The van der Waals surface area contributed by atoms with Crippen LogP contribution in [0.15, 0.2) is 30.3 Å². The summed E-state index contributed by atoms with van der Waals surface area (Å²) in [6.07, 6.45) is -5.92. The lowest BCUT2D eigenvalue weighted by Crippen LogP contribution is -2.62. The molecule has 0 N–H and O–H groups in total. The van der Waals surface area contributed by atoms with Crippen LogP contribution in [0.5, 0.6) is 0 Å². The second-order valence-corrected chi connectivity index (χ2v) is 6.86. The van der Waals surface area contributed by atoms with Crippen molar-refractivity contribution in [1.29, 1.82) is 0 Å². The Morgan fingerprint density at radius 2 is 1.32 bits per heavy atom. The van der Waals surface area contributed by atoms with Crippen LogP contribution in [-0.2, 0) is 54.2 Å². The Morgan fingerprint density at radius 1 is 0.774 bits per heavy atom. The van der Waals surface area contributed by atoms with Crippen LogP contribution < -0.4 is 0 Å². The van der Waals surface area contributed by atoms with Gasteiger partial charge in [-0.2, -0.15) is 0 Å². The first kappa shape index (κ1) is 24.3. The van der Waals surface area contributed by atoms with Crippen LogP contribution in [0.25, 0.3) is 0 Å². The molecule has 1 aliphatic rings. The van der Waals surface area contributed by atoms with Gasteiger partial charge in [0, 0.05) is 27.7 Å². The fourth-order valence-electron chi connectivity index (χ4n) is 3.08. The summed E-state index contributed by atoms with van der Waals surface area (Å²) in [6.45, 7) is 4.49. The predicted octanol–water partition coefficient (Wildman–Crippen LogP) is 1.29. The van der Waals surface area contributed by atoms with Crippen LogP contribution in [0, 0.1) is 0 Å². The molecule has 2 rings (SSSR count). The highest BCUT2D eigenvalue weighted by atomic mass is 16.7. The summed E-state index contributed by atoms with van der Waals surface area (Å²) in [5.74, 6) is -2.66. The normalized spacial score (nSPS) is 25.2. The van der Waals surface area contributed by atoms with E-state index in [2.05, 4.69) is 0 Å². The molecule has 0 bridgehead atoms. The minimum atomic E-state index is -1.25. The molecule has 170 valence electrons. The standard InChI is InChI=1S/C21H26O10/c1-12(22)26-11-17-18(28-13(2)23)19(29-14(3)24)20(30-15(4)25)21(31-17)27-10-16-8-6-5-7-9-16/h5-9,17-21H,10-11H2,1-4H3/t17-,18-,19+,20+,21+/m1/s1. The first-order chi connectivity index (χ1) is 14.7. The van der Waals surface area contributed by atoms with Crippen molar-refractivity contribution < 1.29 is 47.6 Å². The molecule has 1 aromatic rings. The molecule has 1 fully saturated rings. The number of rotatable bonds is 8. The van der Waals surface area contributed by atoms with Gasteiger partial charge in [-0.25, -0.2) is 0 Å². The molecular weight excluding hydrogens is 412 g/mol. The second-order valence-electron chi connectivity index (χ2n) is 6.86. The lowest BCUT2D eigenvalue weighted by Gasteiger charge is -2.44. The minimum absolute atomic E-state index is 0.0918. The van der Waals surface area contributed by atoms with E-state index in [1.165, 1.54) is 13.8 Å². The van der Waals surface area contributed by atoms with Gasteiger partial charge in [-0.1, -0.05) is 30.3 Å². The Labute approximate surface area is 179 Å². The first-order valence-electron chi connectivity index (χ1n) is 9.63. The van der Waals surface area contributed by atoms with E-state index in [0.29, 0.717) is 0 Å². The number of benzene rings is 1. The number of hydrogen-bond acceptors (Lipinski definition) is 10. The van der Waals surface area contributed by atoms with Gasteiger partial charge in [-0.15, -0.1) is 0 Å². The highest BCUT2D eigenvalue weighted by Gasteiger charge is 2.52. The fourth-order valence-corrected chi connectivity index (χ4v) is 3.08. The predicted molar refractivity (Wildman–Crippen MR) is 103 cm³/mol. The van der Waals surface area contributed by atoms with E-state index >= 15 is 0 Å². The maximum Gasteiger partial charge on any atom is 0.303 e. The summed E-state index contributed by atoms with van der Waals surface area (Å²) in [7, 11) is 0. The maximum atomic E-state index is 11.8. The van der Waals surface area contributed by atoms with Gasteiger partial charge in [-0.3, -0.25) is 19.2 Å². The second kappa shape index (κ2) is 11.4. The summed E-state index contributed by atoms with van der Waals surface area (Å²) in [5.41, 5.74) is 0.815. The molecule has 31 heavy (non-hydrogen) atoms. The zero-order chi connectivity index (χ0) is 23.0. The van der Waals surface area contributed by atoms with Crippen molar-refractivity contribution in [2.75, 3.05) is 6.61 Å². The summed E-state index contributed by atoms with van der Waals surface area (Å²) in [4.78, 5) is 46.5. The maximum absolute atomic E-state index is 11.8. The molecule has 10 heteroatoms. The molecule has 5 atom stereocenters. The summed E-state index contributed by atoms with van der Waals surface area (Å²) < 4.78 is 32.6. The molecule has 0 amide bonds. The lowest BCUT2D eigenvalue weighted by atomic mass is 9.98. The first-order valence-corrected chi connectivity index (χ1v) is 9.63. The third-order valence-corrected chi connectivity index (χ3v) is 4.21. The van der Waals surface area contributed by atoms with Crippen LogP contribution in [0.1, 0.15) is 33.3 Å². The smallest absolute Gasteiger partial charge is 0.303 e. The Kier molecular flexibility index (Phi) is 8.95. The van der Waals surface area contributed by atoms with Crippen molar-refractivity contribution in [1.82, 2.24) is 0 Å². The van der Waals surface area contributed by atoms with Crippen LogP contribution in [0.4, 0.5) is 0 Å². The summed E-state index contributed by atoms with van der Waals surface area (Å²) >= 11 is 0. The molecule has 0 saturated carbocycles. The van der Waals surface area contributed by atoms with Gasteiger partial charge in [0.15, 0.2) is 24.6 Å². The van der Waals surface area contributed by atoms with E-state index in [0.717, 1.165) is 19.4 Å². The Hall–Kier alpha value is -2.98. The highest BCUT2D eigenvalue weighted by molar-refractivity contribution is 5.68. The van der Waals surface area contributed by atoms with Crippen molar-refractivity contribution in [3.05, 3.63) is 35.9 Å². The van der Waals surface area contributed by atoms with Crippen molar-refractivity contribution in [3.8, 4) is 0 Å². The lowest BCUT2D eigenvalue weighted by molar-refractivity contribution is -0.310. The van der Waals surface area contributed by atoms with Crippen molar-refractivity contribution >= 4 is 23.9 Å². The zero-order valence-corrected chi connectivity index (χ0v) is 17.8. The Morgan fingerprint density at radius 3 is 1.87 bits per heavy atom. The molecule has 1 aromatic carbocycles. The average Bonchev–Trinajstić information content (AvgIpc) is 2.68. The van der Waals surface area contributed by atoms with Gasteiger partial charge in [0.2, 0.25) is 0 Å². The quantitative estimate of drug-likeness (QED) is 0.433. The van der Waals surface area contributed by atoms with E-state index in [4.69, 9.17) is 28.4 Å². The zero-order valence-electron chi connectivity index (χ0n) is 17.8. The third-order valence-electron chi connectivity index (χ3n) is 4.21. The highest BCUT2D eigenvalue weighted by Crippen LogP contribution is 2.30. The van der Waals surface area contributed by atoms with Gasteiger partial charge >= 0.3 is 23.9 Å². The van der Waals surface area contributed by atoms with Crippen LogP contribution in [-0.4, -0.2) is 61.2 Å². The van der Waals surface area contributed by atoms with Crippen molar-refractivity contribution in [3.63, 3.8) is 0 Å². The minimum Gasteiger partial charge on any atom is -0.463 e. The van der Waals surface area contributed by atoms with E-state index in [9.17, 15) is 19.2 Å². The third kappa shape index (κ3) is 7.65. The number of esters is 4. The fraction of sp³-hybridized carbons (Fsp3) is 0.524. The topological polar surface area (TPSA) is 124 Å². The van der Waals surface area contributed by atoms with Crippen LogP contribution in [0.3, 0.4) is 0 Å². The number of hydrogen-bond donors (Lipinski definition) is 0. The van der Waals surface area contributed by atoms with E-state index in [1.54, 1.807) is 0 Å². The molecule has 0 spiro atoms. The summed E-state index contributed by atoms with van der Waals surface area (Å²) in [5, 5.41) is 0.